The van der Waals surface area contributed by atoms with Crippen molar-refractivity contribution in [1.82, 2.24) is 4.98 Å². The molecule has 0 unspecified atom stereocenters. The molecular formula is C15H16ClN3O. The maximum absolute atomic E-state index is 12.0. The van der Waals surface area contributed by atoms with Crippen molar-refractivity contribution in [3.8, 4) is 0 Å². The van der Waals surface area contributed by atoms with Crippen molar-refractivity contribution < 1.29 is 4.79 Å². The Labute approximate surface area is 123 Å². The van der Waals surface area contributed by atoms with E-state index in [9.17, 15) is 4.79 Å². The molecule has 0 saturated heterocycles. The first-order chi connectivity index (χ1) is 9.47. The minimum atomic E-state index is -0.338. The van der Waals surface area contributed by atoms with Gasteiger partial charge < -0.3 is 10.6 Å². The molecule has 2 rings (SSSR count). The molecule has 20 heavy (non-hydrogen) atoms. The Kier molecular flexibility index (Phi) is 4.25. The van der Waals surface area contributed by atoms with Gasteiger partial charge in [-0.25, -0.2) is 4.79 Å². The van der Waals surface area contributed by atoms with E-state index in [0.29, 0.717) is 10.7 Å². The van der Waals surface area contributed by atoms with Gasteiger partial charge in [0, 0.05) is 5.69 Å². The molecule has 2 N–H and O–H groups in total. The summed E-state index contributed by atoms with van der Waals surface area (Å²) in [6.45, 7) is 5.73. The minimum Gasteiger partial charge on any atom is -0.306 e. The average Bonchev–Trinajstić information content (AvgIpc) is 2.36. The third kappa shape index (κ3) is 3.27. The van der Waals surface area contributed by atoms with Crippen LogP contribution in [0.15, 0.2) is 30.3 Å². The van der Waals surface area contributed by atoms with E-state index in [1.54, 1.807) is 12.1 Å². The molecule has 4 nitrogen and oxygen atoms in total. The summed E-state index contributed by atoms with van der Waals surface area (Å²) in [5.74, 6) is 0. The summed E-state index contributed by atoms with van der Waals surface area (Å²) in [6.07, 6.45) is 0. The first kappa shape index (κ1) is 14.3. The summed E-state index contributed by atoms with van der Waals surface area (Å²) in [6, 6.07) is 8.68. The minimum absolute atomic E-state index is 0.338. The molecule has 0 aliphatic carbocycles. The van der Waals surface area contributed by atoms with Crippen LogP contribution in [0.4, 0.5) is 16.2 Å². The van der Waals surface area contributed by atoms with Crippen molar-refractivity contribution in [2.75, 3.05) is 10.6 Å². The van der Waals surface area contributed by atoms with Gasteiger partial charge in [0.05, 0.1) is 22.1 Å². The van der Waals surface area contributed by atoms with E-state index < -0.39 is 0 Å². The summed E-state index contributed by atoms with van der Waals surface area (Å²) >= 11 is 6.00. The molecule has 0 spiro atoms. The van der Waals surface area contributed by atoms with Gasteiger partial charge in [0.25, 0.3) is 0 Å². The SMILES string of the molecule is Cc1cc(C)c(NC(=O)Nc2ccccc2Cl)c(C)n1. The van der Waals surface area contributed by atoms with E-state index in [-0.39, 0.29) is 6.03 Å². The summed E-state index contributed by atoms with van der Waals surface area (Å²) < 4.78 is 0. The number of halogens is 1. The van der Waals surface area contributed by atoms with E-state index in [2.05, 4.69) is 15.6 Å². The lowest BCUT2D eigenvalue weighted by atomic mass is 10.1. The van der Waals surface area contributed by atoms with Gasteiger partial charge in [-0.3, -0.25) is 4.98 Å². The standard InChI is InChI=1S/C15H16ClN3O/c1-9-8-10(2)17-11(3)14(9)19-15(20)18-13-7-5-4-6-12(13)16/h4-8H,1-3H3,(H2,18,19,20). The quantitative estimate of drug-likeness (QED) is 0.866. The number of anilines is 2. The third-order valence-corrected chi connectivity index (χ3v) is 3.22. The highest BCUT2D eigenvalue weighted by molar-refractivity contribution is 6.33. The Morgan fingerprint density at radius 2 is 1.85 bits per heavy atom. The van der Waals surface area contributed by atoms with E-state index in [0.717, 1.165) is 22.6 Å². The predicted molar refractivity (Wildman–Crippen MR) is 82.5 cm³/mol. The first-order valence-corrected chi connectivity index (χ1v) is 6.62. The lowest BCUT2D eigenvalue weighted by Crippen LogP contribution is -2.21. The third-order valence-electron chi connectivity index (χ3n) is 2.89. The number of hydrogen-bond acceptors (Lipinski definition) is 2. The molecule has 0 aliphatic rings. The Morgan fingerprint density at radius 3 is 2.50 bits per heavy atom. The average molecular weight is 290 g/mol. The monoisotopic (exact) mass is 289 g/mol. The van der Waals surface area contributed by atoms with E-state index in [1.165, 1.54) is 0 Å². The largest absolute Gasteiger partial charge is 0.323 e. The van der Waals surface area contributed by atoms with Crippen molar-refractivity contribution in [2.45, 2.75) is 20.8 Å². The molecule has 2 aromatic rings. The maximum atomic E-state index is 12.0. The molecular weight excluding hydrogens is 274 g/mol. The number of aryl methyl sites for hydroxylation is 3. The first-order valence-electron chi connectivity index (χ1n) is 6.25. The fourth-order valence-electron chi connectivity index (χ4n) is 2.04. The molecule has 5 heteroatoms. The second kappa shape index (κ2) is 5.92. The van der Waals surface area contributed by atoms with Gasteiger partial charge in [-0.05, 0) is 44.5 Å². The Balaban J connectivity index is 2.15. The number of nitrogens with one attached hydrogen (secondary N) is 2. The van der Waals surface area contributed by atoms with Gasteiger partial charge in [-0.1, -0.05) is 23.7 Å². The number of carbonyl (C=O) groups is 1. The highest BCUT2D eigenvalue weighted by Gasteiger charge is 2.10. The fourth-order valence-corrected chi connectivity index (χ4v) is 2.23. The predicted octanol–water partition coefficient (Wildman–Crippen LogP) is 4.30. The van der Waals surface area contributed by atoms with Crippen molar-refractivity contribution >= 4 is 29.0 Å². The molecule has 0 saturated carbocycles. The van der Waals surface area contributed by atoms with E-state index in [1.807, 2.05) is 39.0 Å². The summed E-state index contributed by atoms with van der Waals surface area (Å²) in [5, 5.41) is 6.03. The zero-order valence-electron chi connectivity index (χ0n) is 11.6. The van der Waals surface area contributed by atoms with Crippen LogP contribution in [0.5, 0.6) is 0 Å². The van der Waals surface area contributed by atoms with Crippen molar-refractivity contribution in [1.29, 1.82) is 0 Å². The van der Waals surface area contributed by atoms with Crippen LogP contribution in [-0.2, 0) is 0 Å². The Hall–Kier alpha value is -2.07. The van der Waals surface area contributed by atoms with Crippen molar-refractivity contribution in [3.63, 3.8) is 0 Å². The molecule has 0 bridgehead atoms. The number of nitrogens with zero attached hydrogens (tertiary/aromatic N) is 1. The van der Waals surface area contributed by atoms with Crippen LogP contribution in [0, 0.1) is 20.8 Å². The Morgan fingerprint density at radius 1 is 1.15 bits per heavy atom. The van der Waals surface area contributed by atoms with E-state index in [4.69, 9.17) is 11.6 Å². The maximum Gasteiger partial charge on any atom is 0.323 e. The molecule has 0 fully saturated rings. The number of aromatic nitrogens is 1. The summed E-state index contributed by atoms with van der Waals surface area (Å²) in [7, 11) is 0. The number of urea groups is 1. The highest BCUT2D eigenvalue weighted by atomic mass is 35.5. The van der Waals surface area contributed by atoms with Crippen LogP contribution < -0.4 is 10.6 Å². The van der Waals surface area contributed by atoms with Crippen LogP contribution >= 0.6 is 11.6 Å². The number of rotatable bonds is 2. The molecule has 0 atom stereocenters. The van der Waals surface area contributed by atoms with Gasteiger partial charge in [0.1, 0.15) is 0 Å². The zero-order chi connectivity index (χ0) is 14.7. The van der Waals surface area contributed by atoms with Crippen molar-refractivity contribution in [3.05, 3.63) is 52.3 Å². The Bertz CT molecular complexity index is 632. The molecule has 1 aromatic heterocycles. The van der Waals surface area contributed by atoms with Crippen LogP contribution in [0.3, 0.4) is 0 Å². The fraction of sp³-hybridized carbons (Fsp3) is 0.200. The van der Waals surface area contributed by atoms with E-state index >= 15 is 0 Å². The summed E-state index contributed by atoms with van der Waals surface area (Å²) in [5.41, 5.74) is 3.99. The number of hydrogen-bond donors (Lipinski definition) is 2. The number of carbonyl (C=O) groups excluding carboxylic acids is 1. The van der Waals surface area contributed by atoms with Crippen LogP contribution in [0.2, 0.25) is 5.02 Å². The number of amides is 2. The molecule has 1 aromatic carbocycles. The van der Waals surface area contributed by atoms with Gasteiger partial charge >= 0.3 is 6.03 Å². The second-order valence-corrected chi connectivity index (χ2v) is 5.01. The lowest BCUT2D eigenvalue weighted by Gasteiger charge is -2.13. The number of pyridine rings is 1. The smallest absolute Gasteiger partial charge is 0.306 e. The molecule has 104 valence electrons. The van der Waals surface area contributed by atoms with Gasteiger partial charge in [0.15, 0.2) is 0 Å². The van der Waals surface area contributed by atoms with Crippen LogP contribution in [0.1, 0.15) is 17.0 Å². The van der Waals surface area contributed by atoms with Gasteiger partial charge in [-0.2, -0.15) is 0 Å². The topological polar surface area (TPSA) is 54.0 Å². The van der Waals surface area contributed by atoms with Crippen LogP contribution in [0.25, 0.3) is 0 Å². The number of benzene rings is 1. The van der Waals surface area contributed by atoms with Crippen LogP contribution in [-0.4, -0.2) is 11.0 Å². The second-order valence-electron chi connectivity index (χ2n) is 4.60. The molecule has 0 radical (unpaired) electrons. The lowest BCUT2D eigenvalue weighted by molar-refractivity contribution is 0.262. The molecule has 2 amide bonds. The molecule has 1 heterocycles. The normalized spacial score (nSPS) is 10.2. The number of para-hydroxylation sites is 1. The van der Waals surface area contributed by atoms with Gasteiger partial charge in [-0.15, -0.1) is 0 Å². The highest BCUT2D eigenvalue weighted by Crippen LogP contribution is 2.22. The molecule has 0 aliphatic heterocycles. The van der Waals surface area contributed by atoms with Crippen molar-refractivity contribution in [2.24, 2.45) is 0 Å². The zero-order valence-corrected chi connectivity index (χ0v) is 12.4. The van der Waals surface area contributed by atoms with Gasteiger partial charge in [0.2, 0.25) is 0 Å². The summed E-state index contributed by atoms with van der Waals surface area (Å²) in [4.78, 5) is 16.4.